The number of aromatic nitrogens is 3. The Bertz CT molecular complexity index is 4510. The molecule has 427 valence electrons. The van der Waals surface area contributed by atoms with E-state index < -0.39 is 0 Å². The first-order chi connectivity index (χ1) is 43.1. The minimum Gasteiger partial charge on any atom is -0.311 e. The van der Waals surface area contributed by atoms with Gasteiger partial charge in [-0.1, -0.05) is 233 Å². The van der Waals surface area contributed by atoms with E-state index in [0.717, 1.165) is 50.8 Å². The van der Waals surface area contributed by atoms with Gasteiger partial charge in [-0.25, -0.2) is 0 Å². The third kappa shape index (κ3) is 11.8. The Hall–Kier alpha value is -10.2. The molecule has 0 aliphatic carbocycles. The summed E-state index contributed by atoms with van der Waals surface area (Å²) in [6.07, 6.45) is 8.24. The van der Waals surface area contributed by atoms with E-state index in [1.165, 1.54) is 115 Å². The first kappa shape index (κ1) is 56.9. The van der Waals surface area contributed by atoms with Crippen LogP contribution in [-0.4, -0.2) is 14.1 Å². The van der Waals surface area contributed by atoms with Gasteiger partial charge in [0.05, 0.1) is 22.1 Å². The molecule has 15 rings (SSSR count). The van der Waals surface area contributed by atoms with E-state index in [9.17, 15) is 0 Å². The van der Waals surface area contributed by atoms with Crippen LogP contribution in [0.15, 0.2) is 316 Å². The second-order valence-corrected chi connectivity index (χ2v) is 22.4. The molecule has 0 aliphatic rings. The molecule has 1 radical (unpaired) electrons. The zero-order valence-electron chi connectivity index (χ0n) is 49.2. The van der Waals surface area contributed by atoms with E-state index in [1.807, 2.05) is 24.4 Å². The number of nitrogens with zero attached hydrogens (tertiary/aromatic N) is 4. The Labute approximate surface area is 529 Å². The third-order valence-corrected chi connectivity index (χ3v) is 16.9. The number of fused-ring (bicyclic) bond motifs is 6. The van der Waals surface area contributed by atoms with Crippen molar-refractivity contribution in [1.29, 1.82) is 0 Å². The van der Waals surface area contributed by atoms with Gasteiger partial charge >= 0.3 is 0 Å². The van der Waals surface area contributed by atoms with Crippen LogP contribution in [0.2, 0.25) is 0 Å². The molecule has 0 saturated heterocycles. The van der Waals surface area contributed by atoms with Gasteiger partial charge < -0.3 is 19.0 Å². The predicted molar refractivity (Wildman–Crippen MR) is 368 cm³/mol. The van der Waals surface area contributed by atoms with Crippen molar-refractivity contribution in [1.82, 2.24) is 14.1 Å². The first-order valence-electron chi connectivity index (χ1n) is 30.5. The van der Waals surface area contributed by atoms with Crippen LogP contribution in [-0.2, 0) is 26.5 Å². The fraction of sp³-hybridized carbons (Fsp3) is 0.0723. The second kappa shape index (κ2) is 26.2. The molecule has 15 aromatic rings. The standard InChI is InChI=1S/C66H45N3.C17H20N.Ir/c1-2-15-46(16-3-1)50-17-12-18-51(43-50)47-31-37-54(38-32-47)67(55-39-33-48(34-40-55)52-19-13-21-57(44-52)68-63-27-8-4-23-59(63)60-24-5-9-28-64(60)68)56-41-35-49(36-42-56)53-20-14-22-58(45-53)69-65-29-10-6-25-61(65)62-26-7-11-30-66(62)69;1-2-3-4-5-8-15-10-12-16(13-11-15)17-9-6-7-14-18-17;/h1-45H;6-7,9-12,14H,2-5,8H2,1H3;/q;-1;. The van der Waals surface area contributed by atoms with Crippen LogP contribution in [0.5, 0.6) is 0 Å². The summed E-state index contributed by atoms with van der Waals surface area (Å²) in [5, 5.41) is 5.05. The van der Waals surface area contributed by atoms with Gasteiger partial charge in [-0.2, -0.15) is 0 Å². The third-order valence-electron chi connectivity index (χ3n) is 16.9. The molecule has 0 fully saturated rings. The molecule has 0 aliphatic heterocycles. The fourth-order valence-electron chi connectivity index (χ4n) is 12.5. The predicted octanol–water partition coefficient (Wildman–Crippen LogP) is 22.7. The van der Waals surface area contributed by atoms with Crippen molar-refractivity contribution in [3.05, 3.63) is 327 Å². The van der Waals surface area contributed by atoms with E-state index >= 15 is 0 Å². The Morgan fingerprint density at radius 2 is 0.739 bits per heavy atom. The van der Waals surface area contributed by atoms with Crippen molar-refractivity contribution in [3.63, 3.8) is 0 Å². The molecule has 3 aromatic heterocycles. The molecule has 0 atom stereocenters. The molecule has 3 heterocycles. The second-order valence-electron chi connectivity index (χ2n) is 22.4. The van der Waals surface area contributed by atoms with Crippen LogP contribution >= 0.6 is 0 Å². The molecule has 88 heavy (non-hydrogen) atoms. The van der Waals surface area contributed by atoms with Gasteiger partial charge in [0.15, 0.2) is 0 Å². The van der Waals surface area contributed by atoms with Crippen molar-refractivity contribution in [2.24, 2.45) is 0 Å². The minimum absolute atomic E-state index is 0. The number of hydrogen-bond donors (Lipinski definition) is 0. The molecule has 12 aromatic carbocycles. The van der Waals surface area contributed by atoms with Crippen LogP contribution < -0.4 is 4.90 Å². The largest absolute Gasteiger partial charge is 0.311 e. The summed E-state index contributed by atoms with van der Waals surface area (Å²) in [4.78, 5) is 6.70. The van der Waals surface area contributed by atoms with Crippen molar-refractivity contribution >= 4 is 60.7 Å². The summed E-state index contributed by atoms with van der Waals surface area (Å²) >= 11 is 0. The van der Waals surface area contributed by atoms with Crippen molar-refractivity contribution in [2.45, 2.75) is 39.0 Å². The molecule has 5 heteroatoms. The van der Waals surface area contributed by atoms with Gasteiger partial charge in [-0.05, 0) is 147 Å². The Kier molecular flexibility index (Phi) is 17.0. The summed E-state index contributed by atoms with van der Waals surface area (Å²) in [7, 11) is 0. The van der Waals surface area contributed by atoms with Gasteiger partial charge in [0.25, 0.3) is 0 Å². The maximum absolute atomic E-state index is 4.33. The molecule has 4 nitrogen and oxygen atoms in total. The van der Waals surface area contributed by atoms with Gasteiger partial charge in [-0.3, -0.25) is 0 Å². The fourth-order valence-corrected chi connectivity index (χ4v) is 12.5. The number of para-hydroxylation sites is 4. The number of pyridine rings is 1. The Morgan fingerprint density at radius 1 is 0.341 bits per heavy atom. The summed E-state index contributed by atoms with van der Waals surface area (Å²) in [5.74, 6) is 0. The van der Waals surface area contributed by atoms with Crippen molar-refractivity contribution < 1.29 is 20.1 Å². The summed E-state index contributed by atoms with van der Waals surface area (Å²) in [5.41, 5.74) is 23.3. The maximum Gasteiger partial charge on any atom is 0.0541 e. The number of aryl methyl sites for hydroxylation is 1. The smallest absolute Gasteiger partial charge is 0.0541 e. The van der Waals surface area contributed by atoms with E-state index in [-0.39, 0.29) is 20.1 Å². The van der Waals surface area contributed by atoms with Crippen LogP contribution in [0, 0.1) is 6.07 Å². The van der Waals surface area contributed by atoms with Crippen LogP contribution in [0.1, 0.15) is 38.2 Å². The topological polar surface area (TPSA) is 26.0 Å². The zero-order valence-corrected chi connectivity index (χ0v) is 51.6. The molecule has 0 saturated carbocycles. The van der Waals surface area contributed by atoms with Crippen LogP contribution in [0.3, 0.4) is 0 Å². The first-order valence-corrected chi connectivity index (χ1v) is 30.5. The molecular formula is C83H65IrN4-. The van der Waals surface area contributed by atoms with Crippen molar-refractivity contribution in [2.75, 3.05) is 4.90 Å². The SMILES string of the molecule is CCCCCCc1c[c-]c(-c2ccccn2)cc1.[Ir].c1ccc(-c2cccc(-c3ccc(N(c4ccc(-c5cccc(-n6c7ccccc7c7ccccc76)c5)cc4)c4ccc(-c5cccc(-n6c7ccccc7c7ccccc76)c5)cc4)cc3)c2)cc1. The Morgan fingerprint density at radius 3 is 1.16 bits per heavy atom. The molecule has 0 spiro atoms. The number of hydrogen-bond acceptors (Lipinski definition) is 2. The number of benzene rings is 12. The minimum atomic E-state index is 0. The van der Waals surface area contributed by atoms with Gasteiger partial charge in [0.2, 0.25) is 0 Å². The molecule has 0 unspecified atom stereocenters. The number of rotatable bonds is 15. The van der Waals surface area contributed by atoms with E-state index in [0.29, 0.717) is 0 Å². The molecule has 0 amide bonds. The molecule has 0 N–H and O–H groups in total. The normalized spacial score (nSPS) is 11.1. The zero-order chi connectivity index (χ0) is 58.3. The van der Waals surface area contributed by atoms with Gasteiger partial charge in [0, 0.05) is 76.3 Å². The number of unbranched alkanes of at least 4 members (excludes halogenated alkanes) is 3. The van der Waals surface area contributed by atoms with Gasteiger partial charge in [-0.15, -0.1) is 35.4 Å². The quantitative estimate of drug-likeness (QED) is 0.0755. The van der Waals surface area contributed by atoms with E-state index in [1.54, 1.807) is 0 Å². The molecule has 0 bridgehead atoms. The van der Waals surface area contributed by atoms with Crippen molar-refractivity contribution in [3.8, 4) is 67.1 Å². The summed E-state index contributed by atoms with van der Waals surface area (Å²) in [6.45, 7) is 2.25. The van der Waals surface area contributed by atoms with E-state index in [4.69, 9.17) is 0 Å². The van der Waals surface area contributed by atoms with E-state index in [2.05, 4.69) is 323 Å². The average molecular weight is 1310 g/mol. The van der Waals surface area contributed by atoms with Crippen LogP contribution in [0.25, 0.3) is 111 Å². The summed E-state index contributed by atoms with van der Waals surface area (Å²) < 4.78 is 4.77. The monoisotopic (exact) mass is 1310 g/mol. The van der Waals surface area contributed by atoms with Gasteiger partial charge in [0.1, 0.15) is 0 Å². The maximum atomic E-state index is 4.33. The Balaban J connectivity index is 0.000000324. The summed E-state index contributed by atoms with van der Waals surface area (Å²) in [6, 6.07) is 115. The van der Waals surface area contributed by atoms with Crippen LogP contribution in [0.4, 0.5) is 17.1 Å². The average Bonchev–Trinajstić information content (AvgIpc) is 1.91. The number of anilines is 3. The molecular weight excluding hydrogens is 1250 g/mol.